The highest BCUT2D eigenvalue weighted by atomic mass is 16.2. The summed E-state index contributed by atoms with van der Waals surface area (Å²) in [6.07, 6.45) is 1.95. The van der Waals surface area contributed by atoms with Crippen LogP contribution >= 0.6 is 0 Å². The largest absolute Gasteiger partial charge is 0.370 e. The summed E-state index contributed by atoms with van der Waals surface area (Å²) in [5.41, 5.74) is 16.1. The lowest BCUT2D eigenvalue weighted by Gasteiger charge is -2.29. The van der Waals surface area contributed by atoms with E-state index in [0.717, 1.165) is 11.1 Å². The van der Waals surface area contributed by atoms with Crippen molar-refractivity contribution in [1.82, 2.24) is 15.5 Å². The van der Waals surface area contributed by atoms with Gasteiger partial charge < -0.3 is 27.0 Å². The molecule has 45 heavy (non-hydrogen) atoms. The quantitative estimate of drug-likeness (QED) is 0.108. The van der Waals surface area contributed by atoms with E-state index >= 15 is 0 Å². The number of benzene rings is 4. The van der Waals surface area contributed by atoms with E-state index in [-0.39, 0.29) is 29.7 Å². The van der Waals surface area contributed by atoms with Crippen molar-refractivity contribution in [2.24, 2.45) is 16.5 Å². The first kappa shape index (κ1) is 31.5. The third-order valence-electron chi connectivity index (χ3n) is 8.31. The molecular formula is C37H42N6O2. The minimum atomic E-state index is -0.416. The number of hydrogen-bond donors (Lipinski definition) is 4. The van der Waals surface area contributed by atoms with E-state index in [2.05, 4.69) is 39.9 Å². The van der Waals surface area contributed by atoms with Gasteiger partial charge >= 0.3 is 0 Å². The van der Waals surface area contributed by atoms with Crippen molar-refractivity contribution in [3.63, 3.8) is 0 Å². The highest BCUT2D eigenvalue weighted by Crippen LogP contribution is 2.27. The molecule has 0 saturated carbocycles. The fourth-order valence-electron chi connectivity index (χ4n) is 5.89. The predicted octanol–water partition coefficient (Wildman–Crippen LogP) is 4.53. The average Bonchev–Trinajstić information content (AvgIpc) is 3.23. The molecule has 0 spiro atoms. The lowest BCUT2D eigenvalue weighted by molar-refractivity contribution is -0.133. The molecule has 5 rings (SSSR count). The molecule has 1 fully saturated rings. The van der Waals surface area contributed by atoms with E-state index in [9.17, 15) is 9.59 Å². The Morgan fingerprint density at radius 2 is 1.42 bits per heavy atom. The van der Waals surface area contributed by atoms with Crippen LogP contribution in [0, 0.1) is 0 Å². The Kier molecular flexibility index (Phi) is 11.0. The third kappa shape index (κ3) is 8.80. The first-order valence-electron chi connectivity index (χ1n) is 15.6. The van der Waals surface area contributed by atoms with E-state index in [1.165, 1.54) is 11.1 Å². The lowest BCUT2D eigenvalue weighted by Crippen LogP contribution is -2.49. The van der Waals surface area contributed by atoms with Crippen molar-refractivity contribution in [2.45, 2.75) is 37.3 Å². The van der Waals surface area contributed by atoms with Crippen LogP contribution in [0.3, 0.4) is 0 Å². The summed E-state index contributed by atoms with van der Waals surface area (Å²) >= 11 is 0. The Balaban J connectivity index is 1.28. The molecule has 0 unspecified atom stereocenters. The highest BCUT2D eigenvalue weighted by Gasteiger charge is 2.32. The number of nitrogens with two attached hydrogens (primary N) is 2. The van der Waals surface area contributed by atoms with Gasteiger partial charge in [0, 0.05) is 43.7 Å². The van der Waals surface area contributed by atoms with Crippen LogP contribution in [0.2, 0.25) is 0 Å². The van der Waals surface area contributed by atoms with Gasteiger partial charge in [0.1, 0.15) is 0 Å². The van der Waals surface area contributed by atoms with Gasteiger partial charge in [0.2, 0.25) is 5.91 Å². The first-order valence-corrected chi connectivity index (χ1v) is 15.6. The van der Waals surface area contributed by atoms with Crippen LogP contribution in [0.5, 0.6) is 0 Å². The Labute approximate surface area is 265 Å². The summed E-state index contributed by atoms with van der Waals surface area (Å²) < 4.78 is 0. The maximum atomic E-state index is 14.0. The van der Waals surface area contributed by atoms with Crippen molar-refractivity contribution < 1.29 is 9.59 Å². The number of carbonyl (C=O) groups is 2. The lowest BCUT2D eigenvalue weighted by atomic mass is 9.90. The van der Waals surface area contributed by atoms with E-state index in [1.807, 2.05) is 95.9 Å². The number of amides is 2. The van der Waals surface area contributed by atoms with Crippen LogP contribution in [0.15, 0.2) is 120 Å². The maximum absolute atomic E-state index is 14.0. The van der Waals surface area contributed by atoms with E-state index < -0.39 is 6.04 Å². The normalized spacial score (nSPS) is 16.6. The third-order valence-corrected chi connectivity index (χ3v) is 8.31. The number of nitrogens with one attached hydrogen (secondary N) is 2. The molecule has 1 aliphatic heterocycles. The Morgan fingerprint density at radius 3 is 2.02 bits per heavy atom. The van der Waals surface area contributed by atoms with E-state index in [1.54, 1.807) is 0 Å². The summed E-state index contributed by atoms with van der Waals surface area (Å²) in [6.45, 7) is 2.00. The Morgan fingerprint density at radius 1 is 0.844 bits per heavy atom. The fraction of sp³-hybridized carbons (Fsp3) is 0.270. The van der Waals surface area contributed by atoms with Gasteiger partial charge in [-0.1, -0.05) is 103 Å². The first-order chi connectivity index (χ1) is 22.0. The fourth-order valence-corrected chi connectivity index (χ4v) is 5.89. The molecule has 0 radical (unpaired) electrons. The van der Waals surface area contributed by atoms with Gasteiger partial charge in [0.15, 0.2) is 5.96 Å². The molecule has 8 nitrogen and oxygen atoms in total. The molecule has 1 heterocycles. The van der Waals surface area contributed by atoms with E-state index in [4.69, 9.17) is 11.5 Å². The zero-order chi connectivity index (χ0) is 31.4. The standard InChI is InChI=1S/C37H42N6O2/c38-37(39)40-23-10-17-34-36(45)43(26-33(29-13-6-2-7-14-29)30-15-8-3-9-16-30)24-22-32(42-34)25-41-35(44)31-20-18-28(19-21-31)27-11-4-1-5-12-27/h1-9,11-16,18-21,32-34,42H,10,17,22-26H2,(H,41,44)(H4,38,39,40)/t32-,34+/m1/s1. The van der Waals surface area contributed by atoms with Gasteiger partial charge in [-0.15, -0.1) is 0 Å². The van der Waals surface area contributed by atoms with Crippen molar-refractivity contribution in [1.29, 1.82) is 0 Å². The topological polar surface area (TPSA) is 126 Å². The Hall–Kier alpha value is -4.95. The molecule has 0 bridgehead atoms. The average molecular weight is 603 g/mol. The SMILES string of the molecule is NC(N)=NCCC[C@@H]1N[C@@H](CNC(=O)c2ccc(-c3ccccc3)cc2)CCN(CC(c2ccccc2)c2ccccc2)C1=O. The number of rotatable bonds is 12. The number of guanidine groups is 1. The monoisotopic (exact) mass is 602 g/mol. The molecule has 8 heteroatoms. The second-order valence-corrected chi connectivity index (χ2v) is 11.5. The summed E-state index contributed by atoms with van der Waals surface area (Å²) in [5.74, 6) is -0.000241. The minimum Gasteiger partial charge on any atom is -0.370 e. The van der Waals surface area contributed by atoms with Gasteiger partial charge in [-0.2, -0.15) is 0 Å². The molecule has 0 aliphatic carbocycles. The van der Waals surface area contributed by atoms with Gasteiger partial charge in [0.25, 0.3) is 5.91 Å². The van der Waals surface area contributed by atoms with Gasteiger partial charge in [0.05, 0.1) is 6.04 Å². The molecule has 2 atom stereocenters. The summed E-state index contributed by atoms with van der Waals surface area (Å²) in [4.78, 5) is 33.2. The maximum Gasteiger partial charge on any atom is 0.251 e. The zero-order valence-electron chi connectivity index (χ0n) is 25.5. The molecule has 6 N–H and O–H groups in total. The van der Waals surface area contributed by atoms with Crippen LogP contribution in [0.4, 0.5) is 0 Å². The molecule has 0 aromatic heterocycles. The van der Waals surface area contributed by atoms with Crippen LogP contribution < -0.4 is 22.1 Å². The molecule has 1 aliphatic rings. The van der Waals surface area contributed by atoms with Gasteiger partial charge in [-0.25, -0.2) is 0 Å². The number of carbonyl (C=O) groups excluding carboxylic acids is 2. The summed E-state index contributed by atoms with van der Waals surface area (Å²) in [7, 11) is 0. The smallest absolute Gasteiger partial charge is 0.251 e. The Bertz CT molecular complexity index is 1500. The second kappa shape index (κ2) is 15.7. The van der Waals surface area contributed by atoms with Crippen molar-refractivity contribution in [3.05, 3.63) is 132 Å². The van der Waals surface area contributed by atoms with Crippen LogP contribution in [-0.4, -0.2) is 60.9 Å². The highest BCUT2D eigenvalue weighted by molar-refractivity contribution is 5.94. The molecule has 2 amide bonds. The molecule has 4 aromatic carbocycles. The number of hydrogen-bond acceptors (Lipinski definition) is 4. The van der Waals surface area contributed by atoms with Gasteiger partial charge in [-0.05, 0) is 53.6 Å². The summed E-state index contributed by atoms with van der Waals surface area (Å²) in [5, 5.41) is 6.65. The van der Waals surface area contributed by atoms with Crippen LogP contribution in [0.1, 0.15) is 46.7 Å². The molecular weight excluding hydrogens is 560 g/mol. The van der Waals surface area contributed by atoms with E-state index in [0.29, 0.717) is 51.0 Å². The summed E-state index contributed by atoms with van der Waals surface area (Å²) in [6, 6.07) is 37.9. The van der Waals surface area contributed by atoms with Crippen LogP contribution in [-0.2, 0) is 4.79 Å². The second-order valence-electron chi connectivity index (χ2n) is 11.5. The van der Waals surface area contributed by atoms with Crippen molar-refractivity contribution in [2.75, 3.05) is 26.2 Å². The van der Waals surface area contributed by atoms with Gasteiger partial charge in [-0.3, -0.25) is 14.6 Å². The van der Waals surface area contributed by atoms with Crippen molar-refractivity contribution in [3.8, 4) is 11.1 Å². The number of nitrogens with zero attached hydrogens (tertiary/aromatic N) is 2. The predicted molar refractivity (Wildman–Crippen MR) is 181 cm³/mol. The molecule has 1 saturated heterocycles. The molecule has 232 valence electrons. The van der Waals surface area contributed by atoms with Crippen molar-refractivity contribution >= 4 is 17.8 Å². The minimum absolute atomic E-state index is 0.0359. The molecule has 4 aromatic rings. The van der Waals surface area contributed by atoms with Crippen LogP contribution in [0.25, 0.3) is 11.1 Å². The zero-order valence-corrected chi connectivity index (χ0v) is 25.5. The number of aliphatic imine (C=N–C) groups is 1.